The van der Waals surface area contributed by atoms with E-state index in [2.05, 4.69) is 0 Å². The van der Waals surface area contributed by atoms with E-state index in [-0.39, 0.29) is 61.4 Å². The molecule has 1 aliphatic carbocycles. The van der Waals surface area contributed by atoms with Crippen LogP contribution in [-0.2, 0) is 67.3 Å². The summed E-state index contributed by atoms with van der Waals surface area (Å²) in [5, 5.41) is 22.6. The van der Waals surface area contributed by atoms with Gasteiger partial charge in [-0.2, -0.15) is 8.42 Å². The molecule has 2 bridgehead atoms. The van der Waals surface area contributed by atoms with E-state index in [1.165, 1.54) is 12.0 Å². The Balaban J connectivity index is 0.00000290. The Bertz CT molecular complexity index is 2180. The number of likely N-dealkylation sites (N-methyl/N-ethyl adjacent to an activating group) is 1. The predicted octanol–water partition coefficient (Wildman–Crippen LogP) is 5.80. The maximum absolute atomic E-state index is 14.5. The molecule has 3 heterocycles. The summed E-state index contributed by atoms with van der Waals surface area (Å²) in [6.45, 7) is 12.7. The zero-order chi connectivity index (χ0) is 57.2. The van der Waals surface area contributed by atoms with Crippen molar-refractivity contribution in [1.29, 1.82) is 0 Å². The molecular weight excluding hydrogens is 1000 g/mol. The zero-order valence-corrected chi connectivity index (χ0v) is 48.1. The number of piperidine rings is 1. The second-order valence-corrected chi connectivity index (χ2v) is 23.5. The number of esters is 2. The van der Waals surface area contributed by atoms with Crippen LogP contribution in [0, 0.1) is 35.5 Å². The lowest BCUT2D eigenvalue weighted by molar-refractivity contribution is -0.265. The number of Topliss-reactive ketones (excluding diaryl/α,β-unsaturated/α-hetero) is 3. The molecule has 432 valence electrons. The summed E-state index contributed by atoms with van der Waals surface area (Å²) in [4.78, 5) is 87.9. The highest BCUT2D eigenvalue weighted by Gasteiger charge is 2.53. The summed E-state index contributed by atoms with van der Waals surface area (Å²) < 4.78 is 61.6. The molecule has 0 aromatic carbocycles. The number of nitrogens with zero attached hydrogens (tertiary/aromatic N) is 2. The number of carbonyl (C=O) groups excluding carboxylic acids is 6. The number of rotatable bonds is 9. The first-order valence-electron chi connectivity index (χ1n) is 26.8. The highest BCUT2D eigenvalue weighted by atomic mass is 32.2. The Morgan fingerprint density at radius 1 is 0.882 bits per heavy atom. The lowest BCUT2D eigenvalue weighted by Gasteiger charge is -2.42. The molecule has 3 N–H and O–H groups in total. The third-order valence-electron chi connectivity index (χ3n) is 15.2. The van der Waals surface area contributed by atoms with Crippen molar-refractivity contribution in [2.24, 2.45) is 35.5 Å². The molecule has 15 atom stereocenters. The number of cyclic esters (lactones) is 1. The van der Waals surface area contributed by atoms with Gasteiger partial charge < -0.3 is 43.5 Å². The number of ether oxygens (including phenoxy) is 6. The van der Waals surface area contributed by atoms with Gasteiger partial charge in [0.15, 0.2) is 18.0 Å². The van der Waals surface area contributed by atoms with Crippen molar-refractivity contribution in [3.05, 3.63) is 47.6 Å². The molecule has 2 saturated heterocycles. The highest BCUT2D eigenvalue weighted by Crippen LogP contribution is 2.38. The van der Waals surface area contributed by atoms with Crippen molar-refractivity contribution in [2.75, 3.05) is 54.8 Å². The minimum absolute atomic E-state index is 0.0246. The molecule has 3 aliphatic heterocycles. The summed E-state index contributed by atoms with van der Waals surface area (Å²) >= 11 is 0. The molecule has 0 aromatic heterocycles. The van der Waals surface area contributed by atoms with Gasteiger partial charge in [0.05, 0.1) is 37.2 Å². The van der Waals surface area contributed by atoms with E-state index in [0.29, 0.717) is 76.0 Å². The number of fused-ring (bicyclic) bond motifs is 3. The van der Waals surface area contributed by atoms with Gasteiger partial charge >= 0.3 is 11.9 Å². The number of ketones is 3. The quantitative estimate of drug-likeness (QED) is 0.107. The van der Waals surface area contributed by atoms with Crippen molar-refractivity contribution in [3.63, 3.8) is 0 Å². The second-order valence-electron chi connectivity index (χ2n) is 22.0. The summed E-state index contributed by atoms with van der Waals surface area (Å²) in [6.07, 6.45) is 11.7. The average molecular weight is 1100 g/mol. The molecular formula is C56H90N2O17S. The average Bonchev–Trinajstić information content (AvgIpc) is 3.34. The van der Waals surface area contributed by atoms with E-state index in [1.54, 1.807) is 60.1 Å². The number of hydrogen-bond acceptors (Lipinski definition) is 17. The van der Waals surface area contributed by atoms with Crippen LogP contribution in [0.4, 0.5) is 0 Å². The van der Waals surface area contributed by atoms with E-state index >= 15 is 0 Å². The molecule has 0 radical (unpaired) electrons. The number of allylic oxidation sites excluding steroid dienone is 6. The molecule has 0 spiro atoms. The molecule has 20 heteroatoms. The van der Waals surface area contributed by atoms with Crippen molar-refractivity contribution >= 4 is 45.3 Å². The number of hydrogen-bond donors (Lipinski definition) is 3. The molecule has 3 fully saturated rings. The van der Waals surface area contributed by atoms with E-state index < -0.39 is 100.0 Å². The molecule has 14 unspecified atom stereocenters. The summed E-state index contributed by atoms with van der Waals surface area (Å²) in [5.74, 6) is -8.85. The van der Waals surface area contributed by atoms with Gasteiger partial charge in [0, 0.05) is 58.5 Å². The standard InChI is InChI=1S/C55H86N2O14.CH4O3S/c1-33-18-14-13-15-19-34(2)45(66-10)30-41-23-21-39(7)55(65,71-41)52(62)53(63)57-25-17-16-20-42(57)54(64)69-46(36(4)28-40-22-24-43(58)47(29-40)67-11)31-44(59)35(3)27-38(6)50(70-48(60)32-56(8)9)51(68-12)49(61)37(5)26-33;1-5(2,3)4/h13-15,18-19,27,33,35-37,39-43,45-47,50-51,58,65H,16-17,20-26,28-32H2,1-12H3;1H3,(H,2,3,4)/b15-13+,18-14+,34-19-,38-27?;/t33?,35?,36?,37?,39?,40?,41?,42?,43?,45?,46?,47?,50?,51?,55-;/m0./s1. The van der Waals surface area contributed by atoms with Crippen molar-refractivity contribution < 1.29 is 80.4 Å². The summed E-state index contributed by atoms with van der Waals surface area (Å²) in [7, 11) is 4.31. The lowest BCUT2D eigenvalue weighted by Crippen LogP contribution is -2.61. The molecule has 4 aliphatic rings. The maximum Gasteiger partial charge on any atom is 0.329 e. The second kappa shape index (κ2) is 31.0. The van der Waals surface area contributed by atoms with Gasteiger partial charge in [0.1, 0.15) is 17.9 Å². The smallest absolute Gasteiger partial charge is 0.329 e. The molecule has 4 rings (SSSR count). The monoisotopic (exact) mass is 1090 g/mol. The minimum atomic E-state index is -3.67. The van der Waals surface area contributed by atoms with Crippen LogP contribution >= 0.6 is 0 Å². The highest BCUT2D eigenvalue weighted by molar-refractivity contribution is 7.85. The zero-order valence-electron chi connectivity index (χ0n) is 47.3. The maximum atomic E-state index is 14.5. The van der Waals surface area contributed by atoms with E-state index in [9.17, 15) is 47.4 Å². The molecule has 1 saturated carbocycles. The molecule has 1 amide bonds. The SMILES string of the molecule is COC1CC2CCC(C)[C@](O)(O2)C(=O)C(=O)N2CCCCC2C(=O)OC(C(C)CC2CCC(O)C(OC)C2)CC(=O)C(C)C=C(C)C(OC(=O)CN(C)C)C(OC)C(=O)C(C)CC(C)/C=C/C=C/C=C\1C.CS(=O)(=O)O. The summed E-state index contributed by atoms with van der Waals surface area (Å²) in [5.41, 5.74) is 1.30. The van der Waals surface area contributed by atoms with Crippen molar-refractivity contribution in [1.82, 2.24) is 9.80 Å². The first-order chi connectivity index (χ1) is 35.5. The van der Waals surface area contributed by atoms with Gasteiger partial charge in [-0.25, -0.2) is 4.79 Å². The fourth-order valence-electron chi connectivity index (χ4n) is 10.7. The topological polar surface area (TPSA) is 259 Å². The summed E-state index contributed by atoms with van der Waals surface area (Å²) in [6, 6.07) is -1.17. The Morgan fingerprint density at radius 3 is 2.17 bits per heavy atom. The number of aliphatic hydroxyl groups excluding tert-OH is 1. The number of carbonyl (C=O) groups is 6. The van der Waals surface area contributed by atoms with Crippen LogP contribution in [0.15, 0.2) is 47.6 Å². The van der Waals surface area contributed by atoms with Crippen LogP contribution in [-0.4, -0.2) is 178 Å². The van der Waals surface area contributed by atoms with Gasteiger partial charge in [-0.15, -0.1) is 0 Å². The fraction of sp³-hybridized carbons (Fsp3) is 0.750. The van der Waals surface area contributed by atoms with Crippen LogP contribution in [0.1, 0.15) is 126 Å². The Labute approximate surface area is 451 Å². The third kappa shape index (κ3) is 20.3. The van der Waals surface area contributed by atoms with Gasteiger partial charge in [0.25, 0.3) is 21.8 Å². The number of amides is 1. The lowest BCUT2D eigenvalue weighted by atomic mass is 9.78. The minimum Gasteiger partial charge on any atom is -0.460 e. The first kappa shape index (κ1) is 66.3. The number of aliphatic hydroxyl groups is 2. The van der Waals surface area contributed by atoms with Gasteiger partial charge in [-0.1, -0.05) is 71.1 Å². The number of methoxy groups -OCH3 is 3. The van der Waals surface area contributed by atoms with Gasteiger partial charge in [-0.3, -0.25) is 33.4 Å². The van der Waals surface area contributed by atoms with E-state index in [0.717, 1.165) is 5.57 Å². The third-order valence-corrected chi connectivity index (χ3v) is 15.2. The van der Waals surface area contributed by atoms with Crippen LogP contribution in [0.25, 0.3) is 0 Å². The molecule has 76 heavy (non-hydrogen) atoms. The van der Waals surface area contributed by atoms with Crippen molar-refractivity contribution in [3.8, 4) is 0 Å². The molecule has 0 aromatic rings. The fourth-order valence-corrected chi connectivity index (χ4v) is 10.7. The van der Waals surface area contributed by atoms with E-state index in [1.807, 2.05) is 58.1 Å². The van der Waals surface area contributed by atoms with Gasteiger partial charge in [0.2, 0.25) is 5.79 Å². The van der Waals surface area contributed by atoms with E-state index in [4.69, 9.17) is 33.0 Å². The van der Waals surface area contributed by atoms with Gasteiger partial charge in [-0.05, 0) is 121 Å². The van der Waals surface area contributed by atoms with Crippen molar-refractivity contribution in [2.45, 2.75) is 180 Å². The Kier molecular flexibility index (Phi) is 27.0. The van der Waals surface area contributed by atoms with Crippen LogP contribution < -0.4 is 0 Å². The molecule has 19 nitrogen and oxygen atoms in total. The Hall–Kier alpha value is -3.99. The van der Waals surface area contributed by atoms with Crippen LogP contribution in [0.2, 0.25) is 0 Å². The first-order valence-corrected chi connectivity index (χ1v) is 28.6. The van der Waals surface area contributed by atoms with Crippen LogP contribution in [0.3, 0.4) is 0 Å². The van der Waals surface area contributed by atoms with Crippen LogP contribution in [0.5, 0.6) is 0 Å². The predicted molar refractivity (Wildman–Crippen MR) is 285 cm³/mol. The largest absolute Gasteiger partial charge is 0.460 e. The Morgan fingerprint density at radius 2 is 1.55 bits per heavy atom. The normalized spacial score (nSPS) is 35.6.